The summed E-state index contributed by atoms with van der Waals surface area (Å²) in [5, 5.41) is 3.85. The zero-order chi connectivity index (χ0) is 14.5. The van der Waals surface area contributed by atoms with Gasteiger partial charge in [0.1, 0.15) is 11.5 Å². The Balaban J connectivity index is 2.75. The first-order chi connectivity index (χ1) is 8.93. The van der Waals surface area contributed by atoms with Crippen LogP contribution in [0.1, 0.15) is 20.3 Å². The summed E-state index contributed by atoms with van der Waals surface area (Å²) in [7, 11) is 4.91. The number of benzene rings is 1. The smallest absolute Gasteiger partial charge is 0.145 e. The molecule has 0 aromatic heterocycles. The third-order valence-electron chi connectivity index (χ3n) is 3.07. The van der Waals surface area contributed by atoms with Crippen molar-refractivity contribution in [2.75, 3.05) is 33.2 Å². The van der Waals surface area contributed by atoms with Gasteiger partial charge in [-0.3, -0.25) is 0 Å². The van der Waals surface area contributed by atoms with Gasteiger partial charge in [0.2, 0.25) is 0 Å². The van der Waals surface area contributed by atoms with E-state index in [1.165, 1.54) is 0 Å². The van der Waals surface area contributed by atoms with Crippen LogP contribution in [-0.4, -0.2) is 33.5 Å². The molecular formula is C14H22ClNO3. The summed E-state index contributed by atoms with van der Waals surface area (Å²) in [6.07, 6.45) is 0.871. The Morgan fingerprint density at radius 2 is 1.74 bits per heavy atom. The van der Waals surface area contributed by atoms with Crippen LogP contribution < -0.4 is 14.8 Å². The van der Waals surface area contributed by atoms with Gasteiger partial charge in [0.15, 0.2) is 0 Å². The van der Waals surface area contributed by atoms with Gasteiger partial charge in [-0.05, 0) is 26.3 Å². The van der Waals surface area contributed by atoms with Crippen LogP contribution in [0.4, 0.5) is 5.69 Å². The van der Waals surface area contributed by atoms with Crippen LogP contribution >= 0.6 is 11.6 Å². The maximum Gasteiger partial charge on any atom is 0.145 e. The first-order valence-electron chi connectivity index (χ1n) is 6.14. The van der Waals surface area contributed by atoms with Gasteiger partial charge in [-0.25, -0.2) is 0 Å². The second-order valence-electron chi connectivity index (χ2n) is 4.83. The first kappa shape index (κ1) is 15.9. The van der Waals surface area contributed by atoms with Gasteiger partial charge in [0, 0.05) is 19.7 Å². The zero-order valence-corrected chi connectivity index (χ0v) is 12.9. The molecule has 0 aliphatic carbocycles. The van der Waals surface area contributed by atoms with Crippen LogP contribution in [0.25, 0.3) is 0 Å². The Kier molecular flexibility index (Phi) is 5.76. The van der Waals surface area contributed by atoms with Crippen molar-refractivity contribution < 1.29 is 14.2 Å². The van der Waals surface area contributed by atoms with E-state index in [1.807, 2.05) is 13.8 Å². The van der Waals surface area contributed by atoms with Gasteiger partial charge in [0.05, 0.1) is 30.5 Å². The Hall–Kier alpha value is -1.13. The van der Waals surface area contributed by atoms with E-state index >= 15 is 0 Å². The maximum atomic E-state index is 6.11. The molecule has 4 nitrogen and oxygen atoms in total. The number of hydrogen-bond acceptors (Lipinski definition) is 4. The molecule has 1 aromatic rings. The van der Waals surface area contributed by atoms with Crippen LogP contribution in [0.2, 0.25) is 5.02 Å². The van der Waals surface area contributed by atoms with Crippen molar-refractivity contribution in [3.8, 4) is 11.5 Å². The highest BCUT2D eigenvalue weighted by Gasteiger charge is 2.16. The summed E-state index contributed by atoms with van der Waals surface area (Å²) < 4.78 is 15.9. The molecule has 19 heavy (non-hydrogen) atoms. The summed E-state index contributed by atoms with van der Waals surface area (Å²) in [4.78, 5) is 0. The third-order valence-corrected chi connectivity index (χ3v) is 3.36. The average Bonchev–Trinajstić information content (AvgIpc) is 2.39. The van der Waals surface area contributed by atoms with Crippen LogP contribution in [0.15, 0.2) is 12.1 Å². The molecule has 1 aromatic carbocycles. The Labute approximate surface area is 120 Å². The maximum absolute atomic E-state index is 6.11. The number of methoxy groups -OCH3 is 3. The number of ether oxygens (including phenoxy) is 3. The van der Waals surface area contributed by atoms with Gasteiger partial charge in [-0.15, -0.1) is 0 Å². The Morgan fingerprint density at radius 1 is 1.11 bits per heavy atom. The standard InChI is InChI=1S/C14H22ClNO3/c1-14(2,19-5)6-7-16-11-8-10(15)12(17-3)9-13(11)18-4/h8-9,16H,6-7H2,1-5H3. The molecule has 0 amide bonds. The van der Waals surface area contributed by atoms with E-state index in [-0.39, 0.29) is 5.60 Å². The molecule has 0 aliphatic rings. The summed E-state index contributed by atoms with van der Waals surface area (Å²) in [5.41, 5.74) is 0.691. The molecule has 0 saturated heterocycles. The van der Waals surface area contributed by atoms with Crippen molar-refractivity contribution in [1.29, 1.82) is 0 Å². The summed E-state index contributed by atoms with van der Waals surface area (Å²) in [6, 6.07) is 3.57. The molecule has 0 spiro atoms. The van der Waals surface area contributed by atoms with Gasteiger partial charge in [0.25, 0.3) is 0 Å². The topological polar surface area (TPSA) is 39.7 Å². The molecule has 0 fully saturated rings. The minimum atomic E-state index is -0.156. The van der Waals surface area contributed by atoms with E-state index in [1.54, 1.807) is 33.5 Å². The lowest BCUT2D eigenvalue weighted by atomic mass is 10.1. The largest absolute Gasteiger partial charge is 0.495 e. The highest BCUT2D eigenvalue weighted by molar-refractivity contribution is 6.32. The van der Waals surface area contributed by atoms with Crippen LogP contribution in [-0.2, 0) is 4.74 Å². The monoisotopic (exact) mass is 287 g/mol. The van der Waals surface area contributed by atoms with Gasteiger partial charge in [-0.1, -0.05) is 11.6 Å². The van der Waals surface area contributed by atoms with Crippen molar-refractivity contribution in [1.82, 2.24) is 0 Å². The predicted molar refractivity (Wildman–Crippen MR) is 78.8 cm³/mol. The fourth-order valence-electron chi connectivity index (χ4n) is 1.60. The predicted octanol–water partition coefficient (Wildman–Crippen LogP) is 3.58. The lowest BCUT2D eigenvalue weighted by Gasteiger charge is -2.23. The summed E-state index contributed by atoms with van der Waals surface area (Å²) >= 11 is 6.11. The molecule has 0 atom stereocenters. The normalized spacial score (nSPS) is 11.3. The third kappa shape index (κ3) is 4.48. The van der Waals surface area contributed by atoms with Crippen LogP contribution in [0.5, 0.6) is 11.5 Å². The number of hydrogen-bond donors (Lipinski definition) is 1. The van der Waals surface area contributed by atoms with Crippen molar-refractivity contribution in [3.63, 3.8) is 0 Å². The summed E-state index contributed by atoms with van der Waals surface area (Å²) in [6.45, 7) is 4.86. The highest BCUT2D eigenvalue weighted by Crippen LogP contribution is 2.35. The molecule has 5 heteroatoms. The lowest BCUT2D eigenvalue weighted by Crippen LogP contribution is -2.25. The Morgan fingerprint density at radius 3 is 2.26 bits per heavy atom. The second-order valence-corrected chi connectivity index (χ2v) is 5.23. The first-order valence-corrected chi connectivity index (χ1v) is 6.52. The van der Waals surface area contributed by atoms with E-state index in [0.29, 0.717) is 16.5 Å². The number of rotatable bonds is 7. The minimum Gasteiger partial charge on any atom is -0.495 e. The molecular weight excluding hydrogens is 266 g/mol. The fraction of sp³-hybridized carbons (Fsp3) is 0.571. The molecule has 1 N–H and O–H groups in total. The number of nitrogens with one attached hydrogen (secondary N) is 1. The quantitative estimate of drug-likeness (QED) is 0.832. The average molecular weight is 288 g/mol. The molecule has 0 unspecified atom stereocenters. The Bertz CT molecular complexity index is 421. The lowest BCUT2D eigenvalue weighted by molar-refractivity contribution is 0.0185. The van der Waals surface area contributed by atoms with E-state index in [4.69, 9.17) is 25.8 Å². The van der Waals surface area contributed by atoms with Crippen molar-refractivity contribution in [2.24, 2.45) is 0 Å². The van der Waals surface area contributed by atoms with Gasteiger partial charge < -0.3 is 19.5 Å². The van der Waals surface area contributed by atoms with Crippen molar-refractivity contribution in [2.45, 2.75) is 25.9 Å². The molecule has 0 heterocycles. The van der Waals surface area contributed by atoms with Gasteiger partial charge in [-0.2, -0.15) is 0 Å². The number of halogens is 1. The van der Waals surface area contributed by atoms with Crippen molar-refractivity contribution in [3.05, 3.63) is 17.2 Å². The van der Waals surface area contributed by atoms with Crippen LogP contribution in [0, 0.1) is 0 Å². The second kappa shape index (κ2) is 6.87. The highest BCUT2D eigenvalue weighted by atomic mass is 35.5. The fourth-order valence-corrected chi connectivity index (χ4v) is 1.84. The van der Waals surface area contributed by atoms with E-state index in [9.17, 15) is 0 Å². The van der Waals surface area contributed by atoms with Crippen molar-refractivity contribution >= 4 is 17.3 Å². The molecule has 1 rings (SSSR count). The molecule has 0 saturated carbocycles. The zero-order valence-electron chi connectivity index (χ0n) is 12.2. The summed E-state index contributed by atoms with van der Waals surface area (Å²) in [5.74, 6) is 1.30. The molecule has 0 bridgehead atoms. The van der Waals surface area contributed by atoms with E-state index in [2.05, 4.69) is 5.32 Å². The molecule has 0 aliphatic heterocycles. The molecule has 108 valence electrons. The van der Waals surface area contributed by atoms with Crippen LogP contribution in [0.3, 0.4) is 0 Å². The number of anilines is 1. The van der Waals surface area contributed by atoms with Gasteiger partial charge >= 0.3 is 0 Å². The SMILES string of the molecule is COc1cc(OC)c(NCCC(C)(C)OC)cc1Cl. The van der Waals surface area contributed by atoms with E-state index < -0.39 is 0 Å². The minimum absolute atomic E-state index is 0.156. The molecule has 0 radical (unpaired) electrons. The van der Waals surface area contributed by atoms with E-state index in [0.717, 1.165) is 18.7 Å².